The average Bonchev–Trinajstić information content (AvgIpc) is 2.40. The highest BCUT2D eigenvalue weighted by atomic mass is 16.5. The standard InChI is InChI=1S/C15H24N2O2/c1-5-19-15(18)13(16-3)10-11-17(4)14-9-7-6-8-12(14)2/h6-9,13,16H,5,10-11H2,1-4H3. The van der Waals surface area contributed by atoms with Gasteiger partial charge in [-0.05, 0) is 38.9 Å². The lowest BCUT2D eigenvalue weighted by Crippen LogP contribution is -2.38. The van der Waals surface area contributed by atoms with Crippen molar-refractivity contribution in [1.29, 1.82) is 0 Å². The van der Waals surface area contributed by atoms with Gasteiger partial charge in [-0.15, -0.1) is 0 Å². The molecule has 0 heterocycles. The fourth-order valence-electron chi connectivity index (χ4n) is 2.06. The summed E-state index contributed by atoms with van der Waals surface area (Å²) in [7, 11) is 3.83. The molecular weight excluding hydrogens is 240 g/mol. The first-order valence-corrected chi connectivity index (χ1v) is 6.70. The third-order valence-corrected chi connectivity index (χ3v) is 3.20. The number of nitrogens with zero attached hydrogens (tertiary/aromatic N) is 1. The first-order valence-electron chi connectivity index (χ1n) is 6.70. The number of likely N-dealkylation sites (N-methyl/N-ethyl adjacent to an activating group) is 1. The van der Waals surface area contributed by atoms with Gasteiger partial charge >= 0.3 is 5.97 Å². The van der Waals surface area contributed by atoms with Crippen LogP contribution in [0.25, 0.3) is 0 Å². The van der Waals surface area contributed by atoms with Crippen LogP contribution in [0.2, 0.25) is 0 Å². The first-order chi connectivity index (χ1) is 9.10. The van der Waals surface area contributed by atoms with Crippen molar-refractivity contribution in [3.05, 3.63) is 29.8 Å². The van der Waals surface area contributed by atoms with E-state index in [1.165, 1.54) is 11.3 Å². The number of ether oxygens (including phenoxy) is 1. The Kier molecular flexibility index (Phi) is 6.36. The van der Waals surface area contributed by atoms with E-state index in [1.807, 2.05) is 26.1 Å². The third-order valence-electron chi connectivity index (χ3n) is 3.20. The van der Waals surface area contributed by atoms with Crippen molar-refractivity contribution >= 4 is 11.7 Å². The van der Waals surface area contributed by atoms with Crippen molar-refractivity contribution in [2.75, 3.05) is 32.1 Å². The number of hydrogen-bond acceptors (Lipinski definition) is 4. The van der Waals surface area contributed by atoms with E-state index in [0.717, 1.165) is 13.0 Å². The largest absolute Gasteiger partial charge is 0.465 e. The van der Waals surface area contributed by atoms with Gasteiger partial charge in [0.2, 0.25) is 0 Å². The number of hydrogen-bond donors (Lipinski definition) is 1. The van der Waals surface area contributed by atoms with E-state index < -0.39 is 0 Å². The van der Waals surface area contributed by atoms with Gasteiger partial charge in [0.1, 0.15) is 6.04 Å². The molecule has 1 aromatic carbocycles. The van der Waals surface area contributed by atoms with Gasteiger partial charge in [-0.25, -0.2) is 0 Å². The molecule has 0 amide bonds. The van der Waals surface area contributed by atoms with Crippen LogP contribution >= 0.6 is 0 Å². The molecule has 1 unspecified atom stereocenters. The summed E-state index contributed by atoms with van der Waals surface area (Å²) >= 11 is 0. The predicted molar refractivity (Wildman–Crippen MR) is 78.5 cm³/mol. The van der Waals surface area contributed by atoms with Crippen LogP contribution in [0.5, 0.6) is 0 Å². The van der Waals surface area contributed by atoms with Crippen LogP contribution < -0.4 is 10.2 Å². The average molecular weight is 264 g/mol. The Labute approximate surface area is 115 Å². The van der Waals surface area contributed by atoms with Crippen molar-refractivity contribution in [1.82, 2.24) is 5.32 Å². The summed E-state index contributed by atoms with van der Waals surface area (Å²) in [5, 5.41) is 3.01. The van der Waals surface area contributed by atoms with Crippen LogP contribution in [0, 0.1) is 6.92 Å². The second kappa shape index (κ2) is 7.79. The maximum absolute atomic E-state index is 11.7. The summed E-state index contributed by atoms with van der Waals surface area (Å²) in [6.07, 6.45) is 0.722. The van der Waals surface area contributed by atoms with Crippen molar-refractivity contribution < 1.29 is 9.53 Å². The second-order valence-electron chi connectivity index (χ2n) is 4.59. The van der Waals surface area contributed by atoms with Gasteiger partial charge in [0.25, 0.3) is 0 Å². The Hall–Kier alpha value is -1.55. The molecule has 1 rings (SSSR count). The number of rotatable bonds is 7. The van der Waals surface area contributed by atoms with E-state index in [9.17, 15) is 4.79 Å². The fraction of sp³-hybridized carbons (Fsp3) is 0.533. The highest BCUT2D eigenvalue weighted by Crippen LogP contribution is 2.18. The molecule has 19 heavy (non-hydrogen) atoms. The van der Waals surface area contributed by atoms with E-state index in [2.05, 4.69) is 29.3 Å². The van der Waals surface area contributed by atoms with Gasteiger partial charge < -0.3 is 15.0 Å². The van der Waals surface area contributed by atoms with Crippen LogP contribution in [0.3, 0.4) is 0 Å². The monoisotopic (exact) mass is 264 g/mol. The molecule has 0 aliphatic carbocycles. The number of esters is 1. The van der Waals surface area contributed by atoms with Gasteiger partial charge in [-0.3, -0.25) is 4.79 Å². The Bertz CT molecular complexity index is 407. The lowest BCUT2D eigenvalue weighted by atomic mass is 10.1. The van der Waals surface area contributed by atoms with Gasteiger partial charge in [-0.1, -0.05) is 18.2 Å². The maximum Gasteiger partial charge on any atom is 0.323 e. The van der Waals surface area contributed by atoms with E-state index >= 15 is 0 Å². The molecule has 0 bridgehead atoms. The van der Waals surface area contributed by atoms with Gasteiger partial charge in [0, 0.05) is 19.3 Å². The molecule has 0 saturated carbocycles. The zero-order chi connectivity index (χ0) is 14.3. The molecule has 0 aromatic heterocycles. The van der Waals surface area contributed by atoms with E-state index in [4.69, 9.17) is 4.74 Å². The molecule has 0 fully saturated rings. The van der Waals surface area contributed by atoms with Gasteiger partial charge in [-0.2, -0.15) is 0 Å². The number of carbonyl (C=O) groups is 1. The zero-order valence-electron chi connectivity index (χ0n) is 12.3. The number of anilines is 1. The Morgan fingerprint density at radius 3 is 2.68 bits per heavy atom. The fourth-order valence-corrected chi connectivity index (χ4v) is 2.06. The molecule has 4 heteroatoms. The molecule has 0 spiro atoms. The topological polar surface area (TPSA) is 41.6 Å². The SMILES string of the molecule is CCOC(=O)C(CCN(C)c1ccccc1C)NC. The number of nitrogens with one attached hydrogen (secondary N) is 1. The number of benzene rings is 1. The minimum Gasteiger partial charge on any atom is -0.465 e. The van der Waals surface area contributed by atoms with Crippen LogP contribution in [0.1, 0.15) is 18.9 Å². The molecule has 0 aliphatic rings. The van der Waals surface area contributed by atoms with E-state index in [1.54, 1.807) is 7.05 Å². The molecular formula is C15H24N2O2. The van der Waals surface area contributed by atoms with Gasteiger partial charge in [0.05, 0.1) is 6.61 Å². The summed E-state index contributed by atoms with van der Waals surface area (Å²) in [5.74, 6) is -0.178. The summed E-state index contributed by atoms with van der Waals surface area (Å²) in [4.78, 5) is 13.9. The lowest BCUT2D eigenvalue weighted by molar-refractivity contribution is -0.145. The maximum atomic E-state index is 11.7. The lowest BCUT2D eigenvalue weighted by Gasteiger charge is -2.23. The summed E-state index contributed by atoms with van der Waals surface area (Å²) in [6.45, 7) is 5.14. The van der Waals surface area contributed by atoms with Crippen LogP contribution in [-0.4, -0.2) is 39.3 Å². The molecule has 1 aromatic rings. The highest BCUT2D eigenvalue weighted by molar-refractivity contribution is 5.75. The Morgan fingerprint density at radius 1 is 1.42 bits per heavy atom. The normalized spacial score (nSPS) is 12.0. The van der Waals surface area contributed by atoms with Crippen LogP contribution in [-0.2, 0) is 9.53 Å². The van der Waals surface area contributed by atoms with Crippen molar-refractivity contribution in [2.45, 2.75) is 26.3 Å². The van der Waals surface area contributed by atoms with Crippen molar-refractivity contribution in [3.8, 4) is 0 Å². The molecule has 0 radical (unpaired) electrons. The molecule has 0 aliphatic heterocycles. The van der Waals surface area contributed by atoms with Crippen LogP contribution in [0.4, 0.5) is 5.69 Å². The van der Waals surface area contributed by atoms with E-state index in [0.29, 0.717) is 6.61 Å². The zero-order valence-corrected chi connectivity index (χ0v) is 12.3. The summed E-state index contributed by atoms with van der Waals surface area (Å²) < 4.78 is 5.04. The quantitative estimate of drug-likeness (QED) is 0.765. The minimum absolute atomic E-state index is 0.178. The van der Waals surface area contributed by atoms with Crippen molar-refractivity contribution in [2.24, 2.45) is 0 Å². The molecule has 1 N–H and O–H groups in total. The minimum atomic E-state index is -0.244. The molecule has 106 valence electrons. The predicted octanol–water partition coefficient (Wildman–Crippen LogP) is 1.97. The van der Waals surface area contributed by atoms with Crippen molar-refractivity contribution in [3.63, 3.8) is 0 Å². The summed E-state index contributed by atoms with van der Waals surface area (Å²) in [6, 6.07) is 7.99. The third kappa shape index (κ3) is 4.56. The number of carbonyl (C=O) groups excluding carboxylic acids is 1. The molecule has 0 saturated heterocycles. The highest BCUT2D eigenvalue weighted by Gasteiger charge is 2.18. The molecule has 4 nitrogen and oxygen atoms in total. The smallest absolute Gasteiger partial charge is 0.323 e. The Morgan fingerprint density at radius 2 is 2.11 bits per heavy atom. The summed E-state index contributed by atoms with van der Waals surface area (Å²) in [5.41, 5.74) is 2.43. The number of para-hydroxylation sites is 1. The Balaban J connectivity index is 2.55. The van der Waals surface area contributed by atoms with Gasteiger partial charge in [0.15, 0.2) is 0 Å². The molecule has 1 atom stereocenters. The van der Waals surface area contributed by atoms with E-state index in [-0.39, 0.29) is 12.0 Å². The number of aryl methyl sites for hydroxylation is 1. The second-order valence-corrected chi connectivity index (χ2v) is 4.59. The first kappa shape index (κ1) is 15.5. The van der Waals surface area contributed by atoms with Crippen LogP contribution in [0.15, 0.2) is 24.3 Å².